The average molecular weight is 340 g/mol. The van der Waals surface area contributed by atoms with Crippen molar-refractivity contribution in [3.05, 3.63) is 102 Å². The maximum atomic E-state index is 5.28. The van der Waals surface area contributed by atoms with E-state index in [1.807, 2.05) is 36.5 Å². The first-order valence-electron chi connectivity index (χ1n) is 8.73. The Balaban J connectivity index is 1.70. The Kier molecular flexibility index (Phi) is 4.61. The van der Waals surface area contributed by atoms with Gasteiger partial charge < -0.3 is 4.74 Å². The van der Waals surface area contributed by atoms with Gasteiger partial charge in [0.15, 0.2) is 0 Å². The van der Waals surface area contributed by atoms with Crippen molar-refractivity contribution in [1.29, 1.82) is 0 Å². The van der Waals surface area contributed by atoms with Crippen LogP contribution in [0.1, 0.15) is 22.9 Å². The third-order valence-corrected chi connectivity index (χ3v) is 4.63. The average Bonchev–Trinajstić information content (AvgIpc) is 2.73. The second-order valence-electron chi connectivity index (χ2n) is 6.29. The lowest BCUT2D eigenvalue weighted by Crippen LogP contribution is -2.08. The van der Waals surface area contributed by atoms with Gasteiger partial charge in [-0.1, -0.05) is 60.7 Å². The number of rotatable bonds is 5. The topological polar surface area (TPSA) is 35.0 Å². The fraction of sp³-hybridized carbons (Fsp3) is 0.130. The lowest BCUT2D eigenvalue weighted by atomic mass is 9.88. The third kappa shape index (κ3) is 3.42. The Labute approximate surface area is 153 Å². The molecular weight excluding hydrogens is 320 g/mol. The summed E-state index contributed by atoms with van der Waals surface area (Å²) < 4.78 is 5.28. The molecule has 26 heavy (non-hydrogen) atoms. The summed E-state index contributed by atoms with van der Waals surface area (Å²) in [6.07, 6.45) is 2.64. The molecule has 3 heteroatoms. The highest BCUT2D eigenvalue weighted by Gasteiger charge is 2.16. The van der Waals surface area contributed by atoms with E-state index in [2.05, 4.69) is 53.5 Å². The van der Waals surface area contributed by atoms with Crippen molar-refractivity contribution in [2.45, 2.75) is 12.3 Å². The molecule has 0 aliphatic carbocycles. The fourth-order valence-electron chi connectivity index (χ4n) is 3.26. The van der Waals surface area contributed by atoms with E-state index in [1.54, 1.807) is 7.11 Å². The van der Waals surface area contributed by atoms with Crippen molar-refractivity contribution in [3.63, 3.8) is 0 Å². The zero-order valence-corrected chi connectivity index (χ0v) is 14.7. The molecule has 0 bridgehead atoms. The second kappa shape index (κ2) is 7.36. The Morgan fingerprint density at radius 2 is 1.50 bits per heavy atom. The number of hydrogen-bond acceptors (Lipinski definition) is 3. The predicted molar refractivity (Wildman–Crippen MR) is 105 cm³/mol. The number of benzene rings is 3. The predicted octanol–water partition coefficient (Wildman–Crippen LogP) is 5.01. The monoisotopic (exact) mass is 340 g/mol. The lowest BCUT2D eigenvalue weighted by Gasteiger charge is -2.17. The molecule has 0 N–H and O–H groups in total. The van der Waals surface area contributed by atoms with Gasteiger partial charge in [0.05, 0.1) is 12.6 Å². The van der Waals surface area contributed by atoms with Gasteiger partial charge in [0.2, 0.25) is 0 Å². The van der Waals surface area contributed by atoms with Crippen LogP contribution in [0.3, 0.4) is 0 Å². The number of nitrogens with zero attached hydrogens (tertiary/aromatic N) is 2. The van der Waals surface area contributed by atoms with Crippen LogP contribution in [0.4, 0.5) is 0 Å². The molecule has 0 aliphatic heterocycles. The quantitative estimate of drug-likeness (QED) is 0.512. The summed E-state index contributed by atoms with van der Waals surface area (Å²) in [6.45, 7) is 0. The van der Waals surface area contributed by atoms with E-state index in [9.17, 15) is 0 Å². The molecule has 3 aromatic carbocycles. The van der Waals surface area contributed by atoms with Crippen LogP contribution in [0.15, 0.2) is 85.1 Å². The maximum absolute atomic E-state index is 5.28. The van der Waals surface area contributed by atoms with Crippen LogP contribution in [0.2, 0.25) is 0 Å². The van der Waals surface area contributed by atoms with Crippen molar-refractivity contribution in [1.82, 2.24) is 9.97 Å². The molecule has 0 spiro atoms. The number of methoxy groups -OCH3 is 1. The van der Waals surface area contributed by atoms with E-state index in [1.165, 1.54) is 11.1 Å². The summed E-state index contributed by atoms with van der Waals surface area (Å²) in [5, 5.41) is 0.990. The summed E-state index contributed by atoms with van der Waals surface area (Å²) in [5.74, 6) is 1.90. The molecule has 0 saturated heterocycles. The molecule has 1 aromatic heterocycles. The molecule has 0 fully saturated rings. The van der Waals surface area contributed by atoms with Crippen molar-refractivity contribution < 1.29 is 4.74 Å². The molecule has 0 atom stereocenters. The number of ether oxygens (including phenoxy) is 1. The van der Waals surface area contributed by atoms with E-state index < -0.39 is 0 Å². The highest BCUT2D eigenvalue weighted by atomic mass is 16.5. The van der Waals surface area contributed by atoms with Gasteiger partial charge >= 0.3 is 0 Å². The Morgan fingerprint density at radius 3 is 2.12 bits per heavy atom. The molecule has 128 valence electrons. The number of hydrogen-bond donors (Lipinski definition) is 0. The van der Waals surface area contributed by atoms with Gasteiger partial charge in [-0.25, -0.2) is 9.97 Å². The molecule has 4 rings (SSSR count). The van der Waals surface area contributed by atoms with Crippen molar-refractivity contribution in [3.8, 4) is 5.75 Å². The minimum atomic E-state index is 0.230. The molecule has 4 aromatic rings. The molecule has 0 amide bonds. The Bertz CT molecular complexity index is 961. The van der Waals surface area contributed by atoms with E-state index in [0.29, 0.717) is 0 Å². The summed E-state index contributed by atoms with van der Waals surface area (Å²) in [5.41, 5.74) is 3.49. The zero-order valence-electron chi connectivity index (χ0n) is 14.7. The first-order chi connectivity index (χ1) is 12.8. The summed E-state index contributed by atoms with van der Waals surface area (Å²) in [6, 6.07) is 27.0. The van der Waals surface area contributed by atoms with E-state index >= 15 is 0 Å². The highest BCUT2D eigenvalue weighted by molar-refractivity contribution is 5.79. The number of aromatic nitrogens is 2. The molecule has 0 aliphatic rings. The van der Waals surface area contributed by atoms with E-state index in [0.717, 1.165) is 28.9 Å². The third-order valence-electron chi connectivity index (χ3n) is 4.63. The minimum absolute atomic E-state index is 0.230. The number of fused-ring (bicyclic) bond motifs is 1. The second-order valence-corrected chi connectivity index (χ2v) is 6.29. The van der Waals surface area contributed by atoms with Crippen LogP contribution < -0.4 is 4.74 Å². The van der Waals surface area contributed by atoms with Crippen molar-refractivity contribution in [2.24, 2.45) is 0 Å². The SMILES string of the molecule is COc1ccc2nc(CC(c3ccccc3)c3ccccc3)ncc2c1. The summed E-state index contributed by atoms with van der Waals surface area (Å²) in [4.78, 5) is 9.38. The lowest BCUT2D eigenvalue weighted by molar-refractivity contribution is 0.415. The Morgan fingerprint density at radius 1 is 0.846 bits per heavy atom. The smallest absolute Gasteiger partial charge is 0.129 e. The largest absolute Gasteiger partial charge is 0.497 e. The maximum Gasteiger partial charge on any atom is 0.129 e. The van der Waals surface area contributed by atoms with E-state index in [4.69, 9.17) is 9.72 Å². The van der Waals surface area contributed by atoms with Gasteiger partial charge in [-0.3, -0.25) is 0 Å². The summed E-state index contributed by atoms with van der Waals surface area (Å²) in [7, 11) is 1.67. The molecule has 0 radical (unpaired) electrons. The van der Waals surface area contributed by atoms with Gasteiger partial charge in [0.25, 0.3) is 0 Å². The normalized spacial score (nSPS) is 11.0. The summed E-state index contributed by atoms with van der Waals surface area (Å²) >= 11 is 0. The zero-order chi connectivity index (χ0) is 17.8. The van der Waals surface area contributed by atoms with Gasteiger partial charge in [0, 0.05) is 23.9 Å². The molecule has 0 unspecified atom stereocenters. The molecule has 3 nitrogen and oxygen atoms in total. The van der Waals surface area contributed by atoms with Crippen LogP contribution in [0, 0.1) is 0 Å². The van der Waals surface area contributed by atoms with Gasteiger partial charge in [0.1, 0.15) is 11.6 Å². The molecule has 0 saturated carbocycles. The van der Waals surface area contributed by atoms with Crippen LogP contribution in [-0.2, 0) is 6.42 Å². The Hall–Kier alpha value is -3.20. The van der Waals surface area contributed by atoms with Crippen molar-refractivity contribution in [2.75, 3.05) is 7.11 Å². The van der Waals surface area contributed by atoms with Crippen molar-refractivity contribution >= 4 is 10.9 Å². The van der Waals surface area contributed by atoms with Crippen LogP contribution in [0.5, 0.6) is 5.75 Å². The van der Waals surface area contributed by atoms with Crippen LogP contribution in [-0.4, -0.2) is 17.1 Å². The fourth-order valence-corrected chi connectivity index (χ4v) is 3.26. The van der Waals surface area contributed by atoms with Crippen LogP contribution >= 0.6 is 0 Å². The molecule has 1 heterocycles. The van der Waals surface area contributed by atoms with Crippen LogP contribution in [0.25, 0.3) is 10.9 Å². The standard InChI is InChI=1S/C23H20N2O/c1-26-20-12-13-22-19(14-20)16-24-23(25-22)15-21(17-8-4-2-5-9-17)18-10-6-3-7-11-18/h2-14,16,21H,15H2,1H3. The van der Waals surface area contributed by atoms with Gasteiger partial charge in [-0.15, -0.1) is 0 Å². The first kappa shape index (κ1) is 16.3. The molecular formula is C23H20N2O. The van der Waals surface area contributed by atoms with Gasteiger partial charge in [-0.05, 0) is 29.3 Å². The highest BCUT2D eigenvalue weighted by Crippen LogP contribution is 2.28. The van der Waals surface area contributed by atoms with Gasteiger partial charge in [-0.2, -0.15) is 0 Å². The first-order valence-corrected chi connectivity index (χ1v) is 8.73. The minimum Gasteiger partial charge on any atom is -0.497 e. The van der Waals surface area contributed by atoms with E-state index in [-0.39, 0.29) is 5.92 Å².